The van der Waals surface area contributed by atoms with Crippen molar-refractivity contribution >= 4 is 5.91 Å². The van der Waals surface area contributed by atoms with Crippen LogP contribution in [0.2, 0.25) is 0 Å². The Morgan fingerprint density at radius 1 is 1.35 bits per heavy atom. The van der Waals surface area contributed by atoms with Crippen molar-refractivity contribution in [2.75, 3.05) is 19.8 Å². The van der Waals surface area contributed by atoms with E-state index in [9.17, 15) is 4.79 Å². The molecule has 4 nitrogen and oxygen atoms in total. The van der Waals surface area contributed by atoms with Gasteiger partial charge in [-0.25, -0.2) is 0 Å². The zero-order valence-corrected chi connectivity index (χ0v) is 12.2. The normalized spacial score (nSPS) is 15.8. The van der Waals surface area contributed by atoms with Gasteiger partial charge in [0.2, 0.25) is 0 Å². The lowest BCUT2D eigenvalue weighted by molar-refractivity contribution is -0.123. The molecule has 0 aliphatic heterocycles. The molecular formula is C16H23NO3. The summed E-state index contributed by atoms with van der Waals surface area (Å²) in [5, 5.41) is 11.9. The Morgan fingerprint density at radius 3 is 2.70 bits per heavy atom. The SMILES string of the molecule is Cc1ccc(OCC(=O)NCC2(CCO)CC2)cc1C. The van der Waals surface area contributed by atoms with E-state index in [-0.39, 0.29) is 24.5 Å². The van der Waals surface area contributed by atoms with Gasteiger partial charge in [0.15, 0.2) is 6.61 Å². The summed E-state index contributed by atoms with van der Waals surface area (Å²) in [4.78, 5) is 11.7. The van der Waals surface area contributed by atoms with E-state index >= 15 is 0 Å². The number of amides is 1. The summed E-state index contributed by atoms with van der Waals surface area (Å²) in [6.07, 6.45) is 2.95. The van der Waals surface area contributed by atoms with Crippen molar-refractivity contribution in [3.05, 3.63) is 29.3 Å². The second-order valence-electron chi connectivity index (χ2n) is 5.79. The Morgan fingerprint density at radius 2 is 2.10 bits per heavy atom. The van der Waals surface area contributed by atoms with Gasteiger partial charge in [0.1, 0.15) is 5.75 Å². The van der Waals surface area contributed by atoms with Crippen LogP contribution < -0.4 is 10.1 Å². The molecule has 1 amide bonds. The lowest BCUT2D eigenvalue weighted by Gasteiger charge is -2.15. The van der Waals surface area contributed by atoms with Gasteiger partial charge in [-0.05, 0) is 61.8 Å². The van der Waals surface area contributed by atoms with E-state index in [4.69, 9.17) is 9.84 Å². The summed E-state index contributed by atoms with van der Waals surface area (Å²) >= 11 is 0. The number of nitrogens with one attached hydrogen (secondary N) is 1. The third kappa shape index (κ3) is 3.97. The van der Waals surface area contributed by atoms with Crippen LogP contribution in [0, 0.1) is 19.3 Å². The average molecular weight is 277 g/mol. The fourth-order valence-corrected chi connectivity index (χ4v) is 2.22. The molecule has 0 radical (unpaired) electrons. The smallest absolute Gasteiger partial charge is 0.257 e. The first-order chi connectivity index (χ1) is 9.54. The lowest BCUT2D eigenvalue weighted by Crippen LogP contribution is -2.34. The highest BCUT2D eigenvalue weighted by atomic mass is 16.5. The van der Waals surface area contributed by atoms with E-state index in [0.29, 0.717) is 6.54 Å². The van der Waals surface area contributed by atoms with E-state index in [1.807, 2.05) is 32.0 Å². The molecule has 2 rings (SSSR count). The van der Waals surface area contributed by atoms with Gasteiger partial charge >= 0.3 is 0 Å². The summed E-state index contributed by atoms with van der Waals surface area (Å²) in [5.41, 5.74) is 2.51. The Bertz CT molecular complexity index is 481. The number of aliphatic hydroxyl groups is 1. The number of rotatable bonds is 7. The summed E-state index contributed by atoms with van der Waals surface area (Å²) < 4.78 is 5.49. The summed E-state index contributed by atoms with van der Waals surface area (Å²) in [5.74, 6) is 0.618. The highest BCUT2D eigenvalue weighted by Gasteiger charge is 2.41. The summed E-state index contributed by atoms with van der Waals surface area (Å²) in [6.45, 7) is 4.94. The number of aryl methyl sites for hydroxylation is 2. The highest BCUT2D eigenvalue weighted by molar-refractivity contribution is 5.77. The summed E-state index contributed by atoms with van der Waals surface area (Å²) in [6, 6.07) is 5.81. The molecule has 0 unspecified atom stereocenters. The van der Waals surface area contributed by atoms with Crippen LogP contribution in [0.1, 0.15) is 30.4 Å². The van der Waals surface area contributed by atoms with Crippen molar-refractivity contribution in [1.29, 1.82) is 0 Å². The summed E-state index contributed by atoms with van der Waals surface area (Å²) in [7, 11) is 0. The van der Waals surface area contributed by atoms with Crippen molar-refractivity contribution < 1.29 is 14.6 Å². The van der Waals surface area contributed by atoms with Gasteiger partial charge in [-0.2, -0.15) is 0 Å². The van der Waals surface area contributed by atoms with Crippen LogP contribution in [0.5, 0.6) is 5.75 Å². The quantitative estimate of drug-likeness (QED) is 0.801. The predicted molar refractivity (Wildman–Crippen MR) is 77.8 cm³/mol. The first-order valence-electron chi connectivity index (χ1n) is 7.12. The molecule has 110 valence electrons. The molecule has 1 aromatic carbocycles. The molecule has 0 spiro atoms. The topological polar surface area (TPSA) is 58.6 Å². The molecule has 4 heteroatoms. The van der Waals surface area contributed by atoms with Crippen molar-refractivity contribution in [2.24, 2.45) is 5.41 Å². The molecule has 1 saturated carbocycles. The minimum absolute atomic E-state index is 0.0394. The minimum atomic E-state index is -0.104. The van der Waals surface area contributed by atoms with Crippen LogP contribution in [0.15, 0.2) is 18.2 Å². The maximum Gasteiger partial charge on any atom is 0.257 e. The second-order valence-corrected chi connectivity index (χ2v) is 5.79. The molecule has 1 fully saturated rings. The van der Waals surface area contributed by atoms with Crippen molar-refractivity contribution in [2.45, 2.75) is 33.1 Å². The van der Waals surface area contributed by atoms with Crippen molar-refractivity contribution in [3.8, 4) is 5.75 Å². The maximum atomic E-state index is 11.7. The van der Waals surface area contributed by atoms with Gasteiger partial charge in [-0.1, -0.05) is 6.07 Å². The van der Waals surface area contributed by atoms with E-state index < -0.39 is 0 Å². The zero-order chi connectivity index (χ0) is 14.6. The van der Waals surface area contributed by atoms with E-state index in [2.05, 4.69) is 5.32 Å². The predicted octanol–water partition coefficient (Wildman–Crippen LogP) is 1.96. The van der Waals surface area contributed by atoms with Gasteiger partial charge in [0.25, 0.3) is 5.91 Å². The number of hydrogen-bond acceptors (Lipinski definition) is 3. The standard InChI is InChI=1S/C16H23NO3/c1-12-3-4-14(9-13(12)2)20-10-15(19)17-11-16(5-6-16)7-8-18/h3-4,9,18H,5-8,10-11H2,1-2H3,(H,17,19). The molecule has 1 aliphatic rings. The van der Waals surface area contributed by atoms with Crippen molar-refractivity contribution in [3.63, 3.8) is 0 Å². The fourth-order valence-electron chi connectivity index (χ4n) is 2.22. The molecular weight excluding hydrogens is 254 g/mol. The molecule has 0 bridgehead atoms. The largest absolute Gasteiger partial charge is 0.484 e. The minimum Gasteiger partial charge on any atom is -0.484 e. The number of aliphatic hydroxyl groups excluding tert-OH is 1. The van der Waals surface area contributed by atoms with Gasteiger partial charge < -0.3 is 15.2 Å². The van der Waals surface area contributed by atoms with E-state index in [0.717, 1.165) is 30.6 Å². The van der Waals surface area contributed by atoms with E-state index in [1.165, 1.54) is 5.56 Å². The third-order valence-electron chi connectivity index (χ3n) is 4.11. The van der Waals surface area contributed by atoms with Gasteiger partial charge in [-0.3, -0.25) is 4.79 Å². The highest BCUT2D eigenvalue weighted by Crippen LogP contribution is 2.47. The number of carbonyl (C=O) groups excluding carboxylic acids is 1. The Kier molecular flexibility index (Phi) is 4.65. The molecule has 1 aliphatic carbocycles. The van der Waals surface area contributed by atoms with E-state index in [1.54, 1.807) is 0 Å². The zero-order valence-electron chi connectivity index (χ0n) is 12.2. The van der Waals surface area contributed by atoms with Gasteiger partial charge in [0.05, 0.1) is 0 Å². The molecule has 2 N–H and O–H groups in total. The molecule has 0 aromatic heterocycles. The third-order valence-corrected chi connectivity index (χ3v) is 4.11. The monoisotopic (exact) mass is 277 g/mol. The first-order valence-corrected chi connectivity index (χ1v) is 7.12. The molecule has 0 heterocycles. The number of ether oxygens (including phenoxy) is 1. The maximum absolute atomic E-state index is 11.7. The molecule has 0 atom stereocenters. The molecule has 20 heavy (non-hydrogen) atoms. The van der Waals surface area contributed by atoms with Crippen LogP contribution in [0.4, 0.5) is 0 Å². The van der Waals surface area contributed by atoms with Crippen LogP contribution in [-0.2, 0) is 4.79 Å². The van der Waals surface area contributed by atoms with Gasteiger partial charge in [-0.15, -0.1) is 0 Å². The number of carbonyl (C=O) groups is 1. The van der Waals surface area contributed by atoms with Crippen molar-refractivity contribution in [1.82, 2.24) is 5.32 Å². The Balaban J connectivity index is 1.73. The molecule has 0 saturated heterocycles. The first kappa shape index (κ1) is 14.9. The second kappa shape index (κ2) is 6.27. The Labute approximate surface area is 120 Å². The number of hydrogen-bond donors (Lipinski definition) is 2. The molecule has 1 aromatic rings. The van der Waals surface area contributed by atoms with Gasteiger partial charge in [0, 0.05) is 13.2 Å². The average Bonchev–Trinajstić information content (AvgIpc) is 3.18. The van der Waals surface area contributed by atoms with Crippen LogP contribution in [0.3, 0.4) is 0 Å². The van der Waals surface area contributed by atoms with Crippen LogP contribution >= 0.6 is 0 Å². The Hall–Kier alpha value is -1.55. The van der Waals surface area contributed by atoms with Crippen LogP contribution in [0.25, 0.3) is 0 Å². The van der Waals surface area contributed by atoms with Crippen LogP contribution in [-0.4, -0.2) is 30.8 Å². The lowest BCUT2D eigenvalue weighted by atomic mass is 10.0. The fraction of sp³-hybridized carbons (Fsp3) is 0.562. The number of benzene rings is 1.